The van der Waals surface area contributed by atoms with E-state index in [1.54, 1.807) is 26.2 Å². The molecule has 0 fully saturated rings. The zero-order valence-corrected chi connectivity index (χ0v) is 19.1. The fourth-order valence-corrected chi connectivity index (χ4v) is 5.40. The van der Waals surface area contributed by atoms with Gasteiger partial charge < -0.3 is 9.47 Å². The van der Waals surface area contributed by atoms with E-state index in [1.807, 2.05) is 52.8 Å². The smallest absolute Gasteiger partial charge is 0.241 e. The molecule has 1 aliphatic rings. The van der Waals surface area contributed by atoms with E-state index in [-0.39, 0.29) is 12.0 Å². The summed E-state index contributed by atoms with van der Waals surface area (Å²) in [7, 11) is -2.13. The third kappa shape index (κ3) is 4.43. The van der Waals surface area contributed by atoms with Crippen LogP contribution in [0, 0.1) is 13.8 Å². The highest BCUT2D eigenvalue weighted by atomic mass is 32.2. The van der Waals surface area contributed by atoms with Crippen LogP contribution in [0.3, 0.4) is 0 Å². The third-order valence-electron chi connectivity index (χ3n) is 5.36. The molecule has 1 N–H and O–H groups in total. The average Bonchev–Trinajstić information content (AvgIpc) is 2.60. The first-order valence-corrected chi connectivity index (χ1v) is 11.4. The number of methoxy groups -OCH3 is 1. The summed E-state index contributed by atoms with van der Waals surface area (Å²) in [4.78, 5) is 0.292. The van der Waals surface area contributed by atoms with Gasteiger partial charge in [-0.3, -0.25) is 0 Å². The van der Waals surface area contributed by atoms with Crippen LogP contribution in [0.5, 0.6) is 11.5 Å². The van der Waals surface area contributed by atoms with Crippen LogP contribution in [0.4, 0.5) is 0 Å². The second-order valence-electron chi connectivity index (χ2n) is 8.80. The summed E-state index contributed by atoms with van der Waals surface area (Å²) in [5.41, 5.74) is 3.02. The van der Waals surface area contributed by atoms with Crippen molar-refractivity contribution in [3.8, 4) is 11.5 Å². The minimum Gasteiger partial charge on any atom is -0.496 e. The standard InChI is InChI=1S/C23H31NO4S/c1-14(2)17-12-22(16(4)11-21(17)27-7)29(25,26)24-19-13-23(5,6)28-20-9-8-15(3)10-18(19)20/h8-12,14,19,24H,13H2,1-7H3/t19-/m0/s1. The van der Waals surface area contributed by atoms with E-state index >= 15 is 0 Å². The van der Waals surface area contributed by atoms with Gasteiger partial charge in [0.2, 0.25) is 10.0 Å². The number of rotatable bonds is 5. The molecule has 3 rings (SSSR count). The highest BCUT2D eigenvalue weighted by Gasteiger charge is 2.36. The molecule has 1 heterocycles. The van der Waals surface area contributed by atoms with Crippen LogP contribution in [0.15, 0.2) is 35.2 Å². The van der Waals surface area contributed by atoms with Crippen LogP contribution in [0.1, 0.15) is 68.3 Å². The van der Waals surface area contributed by atoms with E-state index in [0.29, 0.717) is 22.6 Å². The Kier molecular flexibility index (Phi) is 5.71. The van der Waals surface area contributed by atoms with Gasteiger partial charge in [-0.15, -0.1) is 0 Å². The van der Waals surface area contributed by atoms with Crippen LogP contribution < -0.4 is 14.2 Å². The number of benzene rings is 2. The lowest BCUT2D eigenvalue weighted by Crippen LogP contribution is -2.41. The predicted molar refractivity (Wildman–Crippen MR) is 115 cm³/mol. The molecule has 0 saturated carbocycles. The van der Waals surface area contributed by atoms with Gasteiger partial charge in [0.15, 0.2) is 0 Å². The number of aryl methyl sites for hydroxylation is 2. The van der Waals surface area contributed by atoms with Crippen LogP contribution in [0.25, 0.3) is 0 Å². The van der Waals surface area contributed by atoms with Crippen LogP contribution >= 0.6 is 0 Å². The maximum Gasteiger partial charge on any atom is 0.241 e. The SMILES string of the molecule is COc1cc(C)c(S(=O)(=O)N[C@H]2CC(C)(C)Oc3ccc(C)cc32)cc1C(C)C. The second kappa shape index (κ2) is 7.65. The number of ether oxygens (including phenoxy) is 2. The Morgan fingerprint density at radius 3 is 2.48 bits per heavy atom. The van der Waals surface area contributed by atoms with Crippen LogP contribution in [-0.2, 0) is 10.0 Å². The lowest BCUT2D eigenvalue weighted by molar-refractivity contribution is 0.0701. The van der Waals surface area contributed by atoms with Crippen molar-refractivity contribution in [3.05, 3.63) is 52.6 Å². The van der Waals surface area contributed by atoms with Gasteiger partial charge >= 0.3 is 0 Å². The Morgan fingerprint density at radius 2 is 1.86 bits per heavy atom. The Labute approximate surface area is 174 Å². The fraction of sp³-hybridized carbons (Fsp3) is 0.478. The third-order valence-corrected chi connectivity index (χ3v) is 6.97. The highest BCUT2D eigenvalue weighted by Crippen LogP contribution is 2.41. The molecule has 0 aromatic heterocycles. The molecule has 5 nitrogen and oxygen atoms in total. The minimum atomic E-state index is -3.74. The number of fused-ring (bicyclic) bond motifs is 1. The number of hydrogen-bond acceptors (Lipinski definition) is 4. The molecule has 29 heavy (non-hydrogen) atoms. The minimum absolute atomic E-state index is 0.143. The highest BCUT2D eigenvalue weighted by molar-refractivity contribution is 7.89. The lowest BCUT2D eigenvalue weighted by atomic mass is 9.89. The van der Waals surface area contributed by atoms with Gasteiger partial charge in [-0.1, -0.05) is 31.5 Å². The molecule has 0 spiro atoms. The maximum absolute atomic E-state index is 13.4. The Bertz CT molecular complexity index is 1030. The molecule has 0 radical (unpaired) electrons. The molecule has 0 bridgehead atoms. The topological polar surface area (TPSA) is 64.6 Å². The molecule has 1 aliphatic heterocycles. The van der Waals surface area contributed by atoms with Crippen molar-refractivity contribution in [1.82, 2.24) is 4.72 Å². The van der Waals surface area contributed by atoms with Gasteiger partial charge in [0, 0.05) is 12.0 Å². The van der Waals surface area contributed by atoms with Gasteiger partial charge in [-0.2, -0.15) is 0 Å². The molecule has 0 amide bonds. The van der Waals surface area contributed by atoms with Gasteiger partial charge in [-0.05, 0) is 62.9 Å². The summed E-state index contributed by atoms with van der Waals surface area (Å²) in [6.07, 6.45) is 0.551. The average molecular weight is 418 g/mol. The number of nitrogens with one attached hydrogen (secondary N) is 1. The monoisotopic (exact) mass is 417 g/mol. The molecular formula is C23H31NO4S. The van der Waals surface area contributed by atoms with E-state index in [0.717, 1.165) is 22.4 Å². The van der Waals surface area contributed by atoms with Crippen molar-refractivity contribution < 1.29 is 17.9 Å². The van der Waals surface area contributed by atoms with E-state index < -0.39 is 15.6 Å². The first-order chi connectivity index (χ1) is 13.4. The zero-order chi connectivity index (χ0) is 21.6. The molecule has 2 aromatic carbocycles. The lowest BCUT2D eigenvalue weighted by Gasteiger charge is -2.38. The molecule has 0 saturated heterocycles. The first-order valence-electron chi connectivity index (χ1n) is 9.94. The summed E-state index contributed by atoms with van der Waals surface area (Å²) in [6.45, 7) is 11.8. The molecule has 0 aliphatic carbocycles. The van der Waals surface area contributed by atoms with E-state index in [4.69, 9.17) is 9.47 Å². The largest absolute Gasteiger partial charge is 0.496 e. The summed E-state index contributed by atoms with van der Waals surface area (Å²) in [6, 6.07) is 9.08. The van der Waals surface area contributed by atoms with E-state index in [1.165, 1.54) is 0 Å². The second-order valence-corrected chi connectivity index (χ2v) is 10.5. The molecular weight excluding hydrogens is 386 g/mol. The van der Waals surface area contributed by atoms with Crippen molar-refractivity contribution >= 4 is 10.0 Å². The summed E-state index contributed by atoms with van der Waals surface area (Å²) in [5, 5.41) is 0. The van der Waals surface area contributed by atoms with Crippen molar-refractivity contribution in [1.29, 1.82) is 0 Å². The molecule has 0 unspecified atom stereocenters. The van der Waals surface area contributed by atoms with Gasteiger partial charge in [0.1, 0.15) is 17.1 Å². The number of hydrogen-bond donors (Lipinski definition) is 1. The maximum atomic E-state index is 13.4. The molecule has 2 aromatic rings. The van der Waals surface area contributed by atoms with Crippen molar-refractivity contribution in [2.75, 3.05) is 7.11 Å². The molecule has 6 heteroatoms. The van der Waals surface area contributed by atoms with Crippen molar-refractivity contribution in [2.45, 2.75) is 70.4 Å². The molecule has 1 atom stereocenters. The van der Waals surface area contributed by atoms with Gasteiger partial charge in [0.25, 0.3) is 0 Å². The summed E-state index contributed by atoms with van der Waals surface area (Å²) >= 11 is 0. The summed E-state index contributed by atoms with van der Waals surface area (Å²) < 4.78 is 41.3. The van der Waals surface area contributed by atoms with Crippen LogP contribution in [-0.4, -0.2) is 21.1 Å². The van der Waals surface area contributed by atoms with E-state index in [9.17, 15) is 8.42 Å². The summed E-state index contributed by atoms with van der Waals surface area (Å²) in [5.74, 6) is 1.59. The quantitative estimate of drug-likeness (QED) is 0.742. The Balaban J connectivity index is 2.04. The fourth-order valence-electron chi connectivity index (χ4n) is 3.92. The Hall–Kier alpha value is -2.05. The Morgan fingerprint density at radius 1 is 1.17 bits per heavy atom. The van der Waals surface area contributed by atoms with Crippen molar-refractivity contribution in [3.63, 3.8) is 0 Å². The first kappa shape index (κ1) is 21.7. The van der Waals surface area contributed by atoms with Crippen LogP contribution in [0.2, 0.25) is 0 Å². The normalized spacial score (nSPS) is 18.3. The van der Waals surface area contributed by atoms with Gasteiger partial charge in [0.05, 0.1) is 18.0 Å². The zero-order valence-electron chi connectivity index (χ0n) is 18.3. The molecule has 158 valence electrons. The van der Waals surface area contributed by atoms with Crippen molar-refractivity contribution in [2.24, 2.45) is 0 Å². The van der Waals surface area contributed by atoms with E-state index in [2.05, 4.69) is 4.72 Å². The number of sulfonamides is 1. The van der Waals surface area contributed by atoms with Gasteiger partial charge in [-0.25, -0.2) is 13.1 Å². The predicted octanol–water partition coefficient (Wildman–Crippen LogP) is 5.02.